The van der Waals surface area contributed by atoms with Gasteiger partial charge in [0.2, 0.25) is 0 Å². The van der Waals surface area contributed by atoms with Gasteiger partial charge in [-0.25, -0.2) is 9.78 Å². The average Bonchev–Trinajstić information content (AvgIpc) is 3.15. The van der Waals surface area contributed by atoms with E-state index in [4.69, 9.17) is 4.74 Å². The fourth-order valence-corrected chi connectivity index (χ4v) is 3.99. The summed E-state index contributed by atoms with van der Waals surface area (Å²) in [4.78, 5) is 17.1. The second-order valence-electron chi connectivity index (χ2n) is 6.38. The fourth-order valence-electron chi connectivity index (χ4n) is 3.02. The average molecular weight is 385 g/mol. The zero-order valence-corrected chi connectivity index (χ0v) is 16.4. The molecule has 5 nitrogen and oxygen atoms in total. The number of hydrogen-bond donors (Lipinski definition) is 1. The molecule has 0 spiro atoms. The largest absolute Gasteiger partial charge is 0.461 e. The van der Waals surface area contributed by atoms with Crippen LogP contribution in [0.2, 0.25) is 0 Å². The number of aliphatic hydroxyl groups excluding tert-OH is 1. The zero-order valence-electron chi connectivity index (χ0n) is 15.5. The fraction of sp³-hybridized carbons (Fsp3) is 0.333. The summed E-state index contributed by atoms with van der Waals surface area (Å²) in [6, 6.07) is 14.6. The van der Waals surface area contributed by atoms with E-state index in [0.717, 1.165) is 12.2 Å². The number of esters is 1. The Morgan fingerprint density at radius 3 is 2.78 bits per heavy atom. The highest BCUT2D eigenvalue weighted by Gasteiger charge is 2.19. The molecule has 0 aliphatic carbocycles. The molecular formula is C21H24N2O3S. The monoisotopic (exact) mass is 384 g/mol. The van der Waals surface area contributed by atoms with Crippen LogP contribution in [-0.4, -0.2) is 39.1 Å². The van der Waals surface area contributed by atoms with Gasteiger partial charge in [-0.2, -0.15) is 0 Å². The summed E-state index contributed by atoms with van der Waals surface area (Å²) in [6.07, 6.45) is 3.44. The summed E-state index contributed by atoms with van der Waals surface area (Å²) < 4.78 is 6.78. The molecule has 3 rings (SSSR count). The number of rotatable bonds is 8. The summed E-state index contributed by atoms with van der Waals surface area (Å²) in [6.45, 7) is 3.83. The van der Waals surface area contributed by atoms with E-state index in [9.17, 15) is 9.90 Å². The highest BCUT2D eigenvalue weighted by Crippen LogP contribution is 2.27. The molecule has 1 aromatic heterocycles. The lowest BCUT2D eigenvalue weighted by molar-refractivity contribution is 0.0519. The molecule has 0 fully saturated rings. The molecule has 3 aromatic rings. The molecular weight excluding hydrogens is 360 g/mol. The number of nitrogens with zero attached hydrogens (tertiary/aromatic N) is 2. The van der Waals surface area contributed by atoms with Gasteiger partial charge in [0, 0.05) is 16.8 Å². The molecule has 1 heterocycles. The summed E-state index contributed by atoms with van der Waals surface area (Å²) in [5.74, 6) is 0.409. The SMILES string of the molecule is CCOC(=O)c1cn(C(CCSc2ccc3ccccc3c2)C(C)O)cn1. The van der Waals surface area contributed by atoms with Crippen molar-refractivity contribution >= 4 is 28.5 Å². The molecule has 0 saturated carbocycles. The van der Waals surface area contributed by atoms with Crippen LogP contribution in [0.1, 0.15) is 36.8 Å². The minimum absolute atomic E-state index is 0.145. The summed E-state index contributed by atoms with van der Waals surface area (Å²) >= 11 is 1.76. The van der Waals surface area contributed by atoms with Gasteiger partial charge in [0.05, 0.1) is 25.1 Å². The highest BCUT2D eigenvalue weighted by molar-refractivity contribution is 7.99. The van der Waals surface area contributed by atoms with Crippen LogP contribution in [0.25, 0.3) is 10.8 Å². The van der Waals surface area contributed by atoms with Crippen molar-refractivity contribution in [2.24, 2.45) is 0 Å². The molecule has 0 bridgehead atoms. The first-order valence-corrected chi connectivity index (χ1v) is 10.1. The lowest BCUT2D eigenvalue weighted by Gasteiger charge is -2.21. The molecule has 27 heavy (non-hydrogen) atoms. The van der Waals surface area contributed by atoms with Crippen molar-refractivity contribution in [2.45, 2.75) is 37.3 Å². The molecule has 1 N–H and O–H groups in total. The number of carbonyl (C=O) groups is 1. The molecule has 2 atom stereocenters. The number of fused-ring (bicyclic) bond motifs is 1. The molecule has 6 heteroatoms. The standard InChI is InChI=1S/C21H24N2O3S/c1-3-26-21(25)19-13-23(14-22-19)20(15(2)24)10-11-27-18-9-8-16-6-4-5-7-17(16)12-18/h4-9,12-15,20,24H,3,10-11H2,1-2H3. The van der Waals surface area contributed by atoms with Crippen LogP contribution in [-0.2, 0) is 4.74 Å². The first-order chi connectivity index (χ1) is 13.1. The zero-order chi connectivity index (χ0) is 19.2. The maximum absolute atomic E-state index is 11.8. The van der Waals surface area contributed by atoms with Gasteiger partial charge in [-0.05, 0) is 43.2 Å². The van der Waals surface area contributed by atoms with Gasteiger partial charge in [0.1, 0.15) is 0 Å². The van der Waals surface area contributed by atoms with E-state index in [1.54, 1.807) is 42.7 Å². The number of imidazole rings is 1. The van der Waals surface area contributed by atoms with Crippen molar-refractivity contribution in [1.82, 2.24) is 9.55 Å². The topological polar surface area (TPSA) is 64.3 Å². The highest BCUT2D eigenvalue weighted by atomic mass is 32.2. The number of ether oxygens (including phenoxy) is 1. The quantitative estimate of drug-likeness (QED) is 0.463. The molecule has 0 amide bonds. The third kappa shape index (κ3) is 4.90. The number of benzene rings is 2. The van der Waals surface area contributed by atoms with Crippen molar-refractivity contribution in [3.05, 3.63) is 60.7 Å². The maximum Gasteiger partial charge on any atom is 0.358 e. The molecule has 0 aliphatic heterocycles. The summed E-state index contributed by atoms with van der Waals surface area (Å²) in [5.41, 5.74) is 0.268. The maximum atomic E-state index is 11.8. The van der Waals surface area contributed by atoms with Crippen LogP contribution in [0.15, 0.2) is 59.9 Å². The molecule has 0 aliphatic rings. The molecule has 142 valence electrons. The van der Waals surface area contributed by atoms with Gasteiger partial charge in [-0.3, -0.25) is 0 Å². The van der Waals surface area contributed by atoms with Gasteiger partial charge < -0.3 is 14.4 Å². The number of hydrogen-bond acceptors (Lipinski definition) is 5. The Morgan fingerprint density at radius 1 is 1.26 bits per heavy atom. The van der Waals surface area contributed by atoms with Gasteiger partial charge in [0.15, 0.2) is 5.69 Å². The number of aliphatic hydroxyl groups is 1. The summed E-state index contributed by atoms with van der Waals surface area (Å²) in [7, 11) is 0. The molecule has 2 aromatic carbocycles. The molecule has 0 saturated heterocycles. The Bertz CT molecular complexity index is 907. The van der Waals surface area contributed by atoms with Crippen molar-refractivity contribution in [3.8, 4) is 0 Å². The predicted octanol–water partition coefficient (Wildman–Crippen LogP) is 4.32. The summed E-state index contributed by atoms with van der Waals surface area (Å²) in [5, 5.41) is 12.6. The minimum atomic E-state index is -0.550. The second kappa shape index (κ2) is 9.06. The van der Waals surface area contributed by atoms with E-state index in [2.05, 4.69) is 35.3 Å². The van der Waals surface area contributed by atoms with E-state index < -0.39 is 12.1 Å². The Hall–Kier alpha value is -2.31. The lowest BCUT2D eigenvalue weighted by Crippen LogP contribution is -2.21. The number of carbonyl (C=O) groups excluding carboxylic acids is 1. The van der Waals surface area contributed by atoms with E-state index in [0.29, 0.717) is 6.61 Å². The number of aromatic nitrogens is 2. The van der Waals surface area contributed by atoms with Crippen LogP contribution >= 0.6 is 11.8 Å². The van der Waals surface area contributed by atoms with E-state index >= 15 is 0 Å². The van der Waals surface area contributed by atoms with Gasteiger partial charge in [0.25, 0.3) is 0 Å². The predicted molar refractivity (Wildman–Crippen MR) is 108 cm³/mol. The van der Waals surface area contributed by atoms with Crippen molar-refractivity contribution in [1.29, 1.82) is 0 Å². The van der Waals surface area contributed by atoms with Crippen LogP contribution in [0.3, 0.4) is 0 Å². The van der Waals surface area contributed by atoms with Crippen molar-refractivity contribution in [2.75, 3.05) is 12.4 Å². The Kier molecular flexibility index (Phi) is 6.53. The van der Waals surface area contributed by atoms with Crippen LogP contribution in [0.5, 0.6) is 0 Å². The third-order valence-electron chi connectivity index (χ3n) is 4.43. The number of thioether (sulfide) groups is 1. The van der Waals surface area contributed by atoms with Gasteiger partial charge in [-0.1, -0.05) is 30.3 Å². The first kappa shape index (κ1) is 19.5. The van der Waals surface area contributed by atoms with Crippen LogP contribution in [0.4, 0.5) is 0 Å². The minimum Gasteiger partial charge on any atom is -0.461 e. The van der Waals surface area contributed by atoms with E-state index in [1.807, 2.05) is 12.1 Å². The molecule has 2 unspecified atom stereocenters. The smallest absolute Gasteiger partial charge is 0.358 e. The Balaban J connectivity index is 1.63. The van der Waals surface area contributed by atoms with E-state index in [-0.39, 0.29) is 11.7 Å². The van der Waals surface area contributed by atoms with Gasteiger partial charge >= 0.3 is 5.97 Å². The Morgan fingerprint density at radius 2 is 2.04 bits per heavy atom. The molecule has 0 radical (unpaired) electrons. The van der Waals surface area contributed by atoms with Crippen LogP contribution in [0, 0.1) is 0 Å². The Labute approximate surface area is 163 Å². The third-order valence-corrected chi connectivity index (χ3v) is 5.46. The lowest BCUT2D eigenvalue weighted by atomic mass is 10.1. The van der Waals surface area contributed by atoms with Gasteiger partial charge in [-0.15, -0.1) is 11.8 Å². The normalized spacial score (nSPS) is 13.4. The van der Waals surface area contributed by atoms with Crippen molar-refractivity contribution in [3.63, 3.8) is 0 Å². The second-order valence-corrected chi connectivity index (χ2v) is 7.55. The van der Waals surface area contributed by atoms with Crippen molar-refractivity contribution < 1.29 is 14.6 Å². The van der Waals surface area contributed by atoms with E-state index in [1.165, 1.54) is 15.7 Å². The van der Waals surface area contributed by atoms with Crippen LogP contribution < -0.4 is 0 Å². The first-order valence-electron chi connectivity index (χ1n) is 9.08.